The highest BCUT2D eigenvalue weighted by molar-refractivity contribution is 7.14. The fourth-order valence-electron chi connectivity index (χ4n) is 3.11. The minimum absolute atomic E-state index is 0.0759. The summed E-state index contributed by atoms with van der Waals surface area (Å²) >= 11 is 1.33. The smallest absolute Gasteiger partial charge is 0.259 e. The van der Waals surface area contributed by atoms with E-state index in [4.69, 9.17) is 0 Å². The van der Waals surface area contributed by atoms with E-state index in [0.29, 0.717) is 33.8 Å². The number of amides is 2. The lowest BCUT2D eigenvalue weighted by atomic mass is 10.1. The number of aryl methyl sites for hydroxylation is 1. The zero-order chi connectivity index (χ0) is 22.0. The molecule has 8 heteroatoms. The van der Waals surface area contributed by atoms with Crippen LogP contribution >= 0.6 is 11.3 Å². The Morgan fingerprint density at radius 3 is 2.58 bits per heavy atom. The van der Waals surface area contributed by atoms with Crippen LogP contribution in [0.25, 0.3) is 22.2 Å². The van der Waals surface area contributed by atoms with E-state index >= 15 is 0 Å². The van der Waals surface area contributed by atoms with Crippen molar-refractivity contribution in [2.75, 3.05) is 5.32 Å². The van der Waals surface area contributed by atoms with Gasteiger partial charge in [-0.1, -0.05) is 24.3 Å². The van der Waals surface area contributed by atoms with Gasteiger partial charge in [0.1, 0.15) is 5.82 Å². The highest BCUT2D eigenvalue weighted by Gasteiger charge is 2.14. The molecule has 0 radical (unpaired) electrons. The van der Waals surface area contributed by atoms with Gasteiger partial charge in [-0.25, -0.2) is 9.37 Å². The van der Waals surface area contributed by atoms with Crippen molar-refractivity contribution in [3.8, 4) is 11.3 Å². The van der Waals surface area contributed by atoms with Crippen molar-refractivity contribution in [3.63, 3.8) is 0 Å². The van der Waals surface area contributed by atoms with Gasteiger partial charge in [-0.2, -0.15) is 0 Å². The Balaban J connectivity index is 1.49. The summed E-state index contributed by atoms with van der Waals surface area (Å²) in [6.07, 6.45) is 0. The third-order valence-electron chi connectivity index (χ3n) is 4.73. The second-order valence-electron chi connectivity index (χ2n) is 7.06. The maximum Gasteiger partial charge on any atom is 0.259 e. The maximum atomic E-state index is 13.4. The fraction of sp³-hybridized carbons (Fsp3) is 0.130. The number of carbonyl (C=O) groups is 2. The van der Waals surface area contributed by atoms with Crippen LogP contribution < -0.4 is 10.6 Å². The Kier molecular flexibility index (Phi) is 5.73. The molecule has 0 saturated carbocycles. The van der Waals surface area contributed by atoms with Gasteiger partial charge >= 0.3 is 0 Å². The molecule has 0 fully saturated rings. The third-order valence-corrected chi connectivity index (χ3v) is 5.49. The first kappa shape index (κ1) is 20.6. The molecule has 4 rings (SSSR count). The molecule has 0 aliphatic heterocycles. The summed E-state index contributed by atoms with van der Waals surface area (Å²) in [6, 6.07) is 13.7. The van der Waals surface area contributed by atoms with Gasteiger partial charge < -0.3 is 5.32 Å². The first-order valence-corrected chi connectivity index (χ1v) is 10.4. The summed E-state index contributed by atoms with van der Waals surface area (Å²) in [4.78, 5) is 32.6. The van der Waals surface area contributed by atoms with E-state index in [9.17, 15) is 14.0 Å². The van der Waals surface area contributed by atoms with Crippen LogP contribution in [-0.4, -0.2) is 21.8 Å². The predicted octanol–water partition coefficient (Wildman–Crippen LogP) is 4.69. The summed E-state index contributed by atoms with van der Waals surface area (Å²) < 4.78 is 13.4. The quantitative estimate of drug-likeness (QED) is 0.477. The number of anilines is 1. The molecule has 156 valence electrons. The van der Waals surface area contributed by atoms with Crippen LogP contribution in [0.5, 0.6) is 0 Å². The number of carbonyl (C=O) groups excluding carboxylic acids is 2. The van der Waals surface area contributed by atoms with Gasteiger partial charge in [0.25, 0.3) is 5.91 Å². The second kappa shape index (κ2) is 8.61. The number of nitrogens with one attached hydrogen (secondary N) is 2. The summed E-state index contributed by atoms with van der Waals surface area (Å²) in [7, 11) is 0. The van der Waals surface area contributed by atoms with E-state index in [1.54, 1.807) is 19.1 Å². The molecule has 2 amide bonds. The lowest BCUT2D eigenvalue weighted by Crippen LogP contribution is -2.18. The number of thiazole rings is 1. The molecule has 2 heterocycles. The number of pyridine rings is 1. The standard InChI is InChI=1S/C23H19FN4O2S/c1-13-19(9-17-7-8-18(24)10-20(17)26-13)22(30)28-23-27-21(12-31-23)16-5-3-15(4-6-16)11-25-14(2)29/h3-10,12H,11H2,1-2H3,(H,25,29)(H,27,28,30). The monoisotopic (exact) mass is 434 g/mol. The Bertz CT molecular complexity index is 1280. The van der Waals surface area contributed by atoms with Gasteiger partial charge in [-0.05, 0) is 30.7 Å². The molecule has 0 atom stereocenters. The molecule has 4 aromatic rings. The molecule has 2 N–H and O–H groups in total. The van der Waals surface area contributed by atoms with Crippen LogP contribution in [0.15, 0.2) is 53.9 Å². The van der Waals surface area contributed by atoms with Gasteiger partial charge in [0.2, 0.25) is 5.91 Å². The molecular formula is C23H19FN4O2S. The van der Waals surface area contributed by atoms with Crippen molar-refractivity contribution >= 4 is 39.2 Å². The normalized spacial score (nSPS) is 10.8. The number of rotatable bonds is 5. The van der Waals surface area contributed by atoms with Crippen LogP contribution in [0.1, 0.15) is 28.5 Å². The Labute approximate surface area is 182 Å². The SMILES string of the molecule is CC(=O)NCc1ccc(-c2csc(NC(=O)c3cc4ccc(F)cc4nc3C)n2)cc1. The van der Waals surface area contributed by atoms with E-state index in [1.165, 1.54) is 30.4 Å². The minimum atomic E-state index is -0.366. The lowest BCUT2D eigenvalue weighted by Gasteiger charge is -2.07. The molecule has 0 aliphatic rings. The fourth-order valence-corrected chi connectivity index (χ4v) is 3.83. The largest absolute Gasteiger partial charge is 0.352 e. The molecule has 0 aliphatic carbocycles. The van der Waals surface area contributed by atoms with E-state index in [2.05, 4.69) is 20.6 Å². The lowest BCUT2D eigenvalue weighted by molar-refractivity contribution is -0.119. The van der Waals surface area contributed by atoms with Gasteiger partial charge in [0, 0.05) is 35.9 Å². The molecule has 0 bridgehead atoms. The number of fused-ring (bicyclic) bond motifs is 1. The average Bonchev–Trinajstić information content (AvgIpc) is 3.20. The summed E-state index contributed by atoms with van der Waals surface area (Å²) in [6.45, 7) is 3.67. The van der Waals surface area contributed by atoms with Gasteiger partial charge in [0.05, 0.1) is 22.5 Å². The van der Waals surface area contributed by atoms with Crippen molar-refractivity contribution in [1.82, 2.24) is 15.3 Å². The summed E-state index contributed by atoms with van der Waals surface area (Å²) in [5.74, 6) is -0.759. The van der Waals surface area contributed by atoms with Crippen molar-refractivity contribution in [2.45, 2.75) is 20.4 Å². The number of aromatic nitrogens is 2. The van der Waals surface area contributed by atoms with Crippen LogP contribution in [0.3, 0.4) is 0 Å². The highest BCUT2D eigenvalue weighted by Crippen LogP contribution is 2.26. The molecule has 31 heavy (non-hydrogen) atoms. The van der Waals surface area contributed by atoms with Crippen LogP contribution in [0.2, 0.25) is 0 Å². The molecule has 0 unspecified atom stereocenters. The Morgan fingerprint density at radius 2 is 1.84 bits per heavy atom. The molecule has 2 aromatic heterocycles. The van der Waals surface area contributed by atoms with Crippen LogP contribution in [-0.2, 0) is 11.3 Å². The van der Waals surface area contributed by atoms with Gasteiger partial charge in [-0.15, -0.1) is 11.3 Å². The van der Waals surface area contributed by atoms with Crippen molar-refractivity contribution in [1.29, 1.82) is 0 Å². The molecular weight excluding hydrogens is 415 g/mol. The van der Waals surface area contributed by atoms with Crippen molar-refractivity contribution in [3.05, 3.63) is 76.5 Å². The number of halogens is 1. The van der Waals surface area contributed by atoms with Crippen LogP contribution in [0.4, 0.5) is 9.52 Å². The van der Waals surface area contributed by atoms with E-state index in [-0.39, 0.29) is 17.6 Å². The molecule has 0 spiro atoms. The maximum absolute atomic E-state index is 13.4. The van der Waals surface area contributed by atoms with E-state index in [0.717, 1.165) is 16.8 Å². The van der Waals surface area contributed by atoms with E-state index in [1.807, 2.05) is 29.6 Å². The molecule has 6 nitrogen and oxygen atoms in total. The second-order valence-corrected chi connectivity index (χ2v) is 7.92. The Hall–Kier alpha value is -3.65. The van der Waals surface area contributed by atoms with Gasteiger partial charge in [-0.3, -0.25) is 19.9 Å². The third kappa shape index (κ3) is 4.75. The average molecular weight is 434 g/mol. The number of hydrogen-bond acceptors (Lipinski definition) is 5. The Morgan fingerprint density at radius 1 is 1.06 bits per heavy atom. The minimum Gasteiger partial charge on any atom is -0.352 e. The van der Waals surface area contributed by atoms with E-state index < -0.39 is 0 Å². The van der Waals surface area contributed by atoms with Gasteiger partial charge in [0.15, 0.2) is 5.13 Å². The zero-order valence-electron chi connectivity index (χ0n) is 16.9. The number of benzene rings is 2. The molecule has 0 saturated heterocycles. The first-order chi connectivity index (χ1) is 14.9. The number of hydrogen-bond donors (Lipinski definition) is 2. The van der Waals surface area contributed by atoms with Crippen molar-refractivity contribution in [2.24, 2.45) is 0 Å². The molecule has 2 aromatic carbocycles. The first-order valence-electron chi connectivity index (χ1n) is 9.56. The van der Waals surface area contributed by atoms with Crippen molar-refractivity contribution < 1.29 is 14.0 Å². The number of nitrogens with zero attached hydrogens (tertiary/aromatic N) is 2. The highest BCUT2D eigenvalue weighted by atomic mass is 32.1. The van der Waals surface area contributed by atoms with Crippen LogP contribution in [0, 0.1) is 12.7 Å². The topological polar surface area (TPSA) is 84.0 Å². The summed E-state index contributed by atoms with van der Waals surface area (Å²) in [5, 5.41) is 8.61. The zero-order valence-corrected chi connectivity index (χ0v) is 17.7. The predicted molar refractivity (Wildman–Crippen MR) is 119 cm³/mol. The summed E-state index contributed by atoms with van der Waals surface area (Å²) in [5.41, 5.74) is 4.08.